The fourth-order valence-electron chi connectivity index (χ4n) is 2.89. The fraction of sp³-hybridized carbons (Fsp3) is 0.538. The summed E-state index contributed by atoms with van der Waals surface area (Å²) in [4.78, 5) is 0.351. The molecule has 1 aromatic carbocycles. The van der Waals surface area contributed by atoms with Gasteiger partial charge in [-0.05, 0) is 31.9 Å². The predicted molar refractivity (Wildman–Crippen MR) is 72.4 cm³/mol. The number of rotatable bonds is 2. The molecule has 19 heavy (non-hydrogen) atoms. The predicted octanol–water partition coefficient (Wildman–Crippen LogP) is 1.63. The molecule has 5 nitrogen and oxygen atoms in total. The van der Waals surface area contributed by atoms with Gasteiger partial charge >= 0.3 is 0 Å². The van der Waals surface area contributed by atoms with Crippen LogP contribution in [0.5, 0.6) is 0 Å². The standard InChI is InChI=1S/C13H18N2O3S/c1-2-18-13-11-7-5-9-15(11)19(16,17)12-8-4-3-6-10(12)14-13/h3-4,6,8,11,13-14H,2,5,7,9H2,1H3/t11-,13+/m0/s1. The van der Waals surface area contributed by atoms with Crippen molar-refractivity contribution >= 4 is 15.7 Å². The van der Waals surface area contributed by atoms with Crippen LogP contribution in [0, 0.1) is 0 Å². The molecule has 1 aromatic rings. The van der Waals surface area contributed by atoms with E-state index in [1.807, 2.05) is 13.0 Å². The summed E-state index contributed by atoms with van der Waals surface area (Å²) in [7, 11) is -3.42. The van der Waals surface area contributed by atoms with E-state index in [0.717, 1.165) is 12.8 Å². The third kappa shape index (κ3) is 2.04. The van der Waals surface area contributed by atoms with Crippen molar-refractivity contribution in [1.29, 1.82) is 0 Å². The van der Waals surface area contributed by atoms with E-state index in [9.17, 15) is 8.42 Å². The molecule has 0 radical (unpaired) electrons. The van der Waals surface area contributed by atoms with Crippen molar-refractivity contribution in [1.82, 2.24) is 4.31 Å². The first-order valence-electron chi connectivity index (χ1n) is 6.63. The molecule has 0 bridgehead atoms. The fourth-order valence-corrected chi connectivity index (χ4v) is 4.74. The van der Waals surface area contributed by atoms with Crippen molar-refractivity contribution in [3.05, 3.63) is 24.3 Å². The molecule has 1 N–H and O–H groups in total. The third-order valence-corrected chi connectivity index (χ3v) is 5.70. The number of anilines is 1. The van der Waals surface area contributed by atoms with Crippen LogP contribution < -0.4 is 5.32 Å². The molecule has 2 heterocycles. The molecule has 0 aromatic heterocycles. The maximum Gasteiger partial charge on any atom is 0.245 e. The molecule has 0 amide bonds. The first-order valence-corrected chi connectivity index (χ1v) is 8.07. The highest BCUT2D eigenvalue weighted by molar-refractivity contribution is 7.89. The lowest BCUT2D eigenvalue weighted by atomic mass is 10.2. The Bertz CT molecular complexity index is 573. The minimum absolute atomic E-state index is 0.114. The van der Waals surface area contributed by atoms with Crippen LogP contribution in [0.25, 0.3) is 0 Å². The number of hydrogen-bond acceptors (Lipinski definition) is 4. The van der Waals surface area contributed by atoms with Gasteiger partial charge < -0.3 is 10.1 Å². The summed E-state index contributed by atoms with van der Waals surface area (Å²) in [5, 5.41) is 3.24. The van der Waals surface area contributed by atoms with E-state index in [-0.39, 0.29) is 12.3 Å². The van der Waals surface area contributed by atoms with Crippen LogP contribution in [-0.2, 0) is 14.8 Å². The molecule has 2 atom stereocenters. The molecular formula is C13H18N2O3S. The second-order valence-electron chi connectivity index (χ2n) is 4.84. The van der Waals surface area contributed by atoms with Gasteiger partial charge in [-0.15, -0.1) is 0 Å². The summed E-state index contributed by atoms with van der Waals surface area (Å²) in [6, 6.07) is 6.92. The molecule has 3 rings (SSSR count). The maximum absolute atomic E-state index is 12.7. The van der Waals surface area contributed by atoms with Gasteiger partial charge in [0, 0.05) is 13.2 Å². The summed E-state index contributed by atoms with van der Waals surface area (Å²) in [6.45, 7) is 3.06. The maximum atomic E-state index is 12.7. The number of fused-ring (bicyclic) bond motifs is 2. The third-order valence-electron chi connectivity index (χ3n) is 3.72. The van der Waals surface area contributed by atoms with E-state index in [0.29, 0.717) is 23.7 Å². The Labute approximate surface area is 113 Å². The molecule has 1 saturated heterocycles. The molecular weight excluding hydrogens is 264 g/mol. The van der Waals surface area contributed by atoms with E-state index >= 15 is 0 Å². The molecule has 104 valence electrons. The Morgan fingerprint density at radius 1 is 1.42 bits per heavy atom. The minimum atomic E-state index is -3.42. The van der Waals surface area contributed by atoms with Crippen LogP contribution in [0.4, 0.5) is 5.69 Å². The molecule has 1 fully saturated rings. The normalized spacial score (nSPS) is 29.1. The zero-order valence-corrected chi connectivity index (χ0v) is 11.7. The Balaban J connectivity index is 2.11. The molecule has 0 aliphatic carbocycles. The van der Waals surface area contributed by atoms with Crippen LogP contribution in [0.15, 0.2) is 29.2 Å². The van der Waals surface area contributed by atoms with Gasteiger partial charge in [0.05, 0.1) is 11.7 Å². The topological polar surface area (TPSA) is 58.6 Å². The summed E-state index contributed by atoms with van der Waals surface area (Å²) in [5.74, 6) is 0. The lowest BCUT2D eigenvalue weighted by Crippen LogP contribution is -2.44. The van der Waals surface area contributed by atoms with Gasteiger partial charge in [-0.2, -0.15) is 4.31 Å². The highest BCUT2D eigenvalue weighted by Crippen LogP contribution is 2.36. The zero-order valence-electron chi connectivity index (χ0n) is 10.9. The number of para-hydroxylation sites is 1. The van der Waals surface area contributed by atoms with Crippen molar-refractivity contribution in [2.45, 2.75) is 36.9 Å². The highest BCUT2D eigenvalue weighted by Gasteiger charge is 2.43. The average Bonchev–Trinajstić information content (AvgIpc) is 2.85. The van der Waals surface area contributed by atoms with Gasteiger partial charge in [0.1, 0.15) is 11.1 Å². The van der Waals surface area contributed by atoms with E-state index < -0.39 is 10.0 Å². The van der Waals surface area contributed by atoms with Gasteiger partial charge in [0.15, 0.2) is 0 Å². The highest BCUT2D eigenvalue weighted by atomic mass is 32.2. The number of nitrogens with one attached hydrogen (secondary N) is 1. The number of nitrogens with zero attached hydrogens (tertiary/aromatic N) is 1. The number of sulfonamides is 1. The summed E-state index contributed by atoms with van der Waals surface area (Å²) in [5.41, 5.74) is 0.635. The molecule has 0 saturated carbocycles. The van der Waals surface area contributed by atoms with E-state index in [4.69, 9.17) is 4.74 Å². The van der Waals surface area contributed by atoms with E-state index in [1.165, 1.54) is 0 Å². The summed E-state index contributed by atoms with van der Waals surface area (Å²) in [6.07, 6.45) is 1.45. The molecule has 0 spiro atoms. The lowest BCUT2D eigenvalue weighted by Gasteiger charge is -2.27. The number of hydrogen-bond donors (Lipinski definition) is 1. The summed E-state index contributed by atoms with van der Waals surface area (Å²) >= 11 is 0. The average molecular weight is 282 g/mol. The monoisotopic (exact) mass is 282 g/mol. The Morgan fingerprint density at radius 2 is 2.21 bits per heavy atom. The summed E-state index contributed by atoms with van der Waals surface area (Å²) < 4.78 is 32.7. The zero-order chi connectivity index (χ0) is 13.5. The second-order valence-corrected chi connectivity index (χ2v) is 6.70. The van der Waals surface area contributed by atoms with Crippen molar-refractivity contribution in [3.63, 3.8) is 0 Å². The van der Waals surface area contributed by atoms with Gasteiger partial charge in [0.25, 0.3) is 0 Å². The van der Waals surface area contributed by atoms with Crippen LogP contribution in [0.3, 0.4) is 0 Å². The van der Waals surface area contributed by atoms with Gasteiger partial charge in [-0.25, -0.2) is 8.42 Å². The quantitative estimate of drug-likeness (QED) is 0.895. The SMILES string of the molecule is CCO[C@H]1Nc2ccccc2S(=O)(=O)N2CCC[C@@H]12. The smallest absolute Gasteiger partial charge is 0.245 e. The first-order chi connectivity index (χ1) is 9.14. The second kappa shape index (κ2) is 4.77. The Kier molecular flexibility index (Phi) is 3.24. The molecule has 2 aliphatic rings. The largest absolute Gasteiger partial charge is 0.358 e. The number of ether oxygens (including phenoxy) is 1. The van der Waals surface area contributed by atoms with E-state index in [2.05, 4.69) is 5.32 Å². The van der Waals surface area contributed by atoms with Crippen LogP contribution in [0.2, 0.25) is 0 Å². The van der Waals surface area contributed by atoms with Crippen molar-refractivity contribution in [3.8, 4) is 0 Å². The van der Waals surface area contributed by atoms with Crippen LogP contribution in [0.1, 0.15) is 19.8 Å². The van der Waals surface area contributed by atoms with Crippen LogP contribution in [-0.4, -0.2) is 38.1 Å². The van der Waals surface area contributed by atoms with Gasteiger partial charge in [-0.1, -0.05) is 12.1 Å². The molecule has 0 unspecified atom stereocenters. The van der Waals surface area contributed by atoms with Crippen molar-refractivity contribution < 1.29 is 13.2 Å². The molecule has 2 aliphatic heterocycles. The van der Waals surface area contributed by atoms with Gasteiger partial charge in [-0.3, -0.25) is 0 Å². The van der Waals surface area contributed by atoms with E-state index in [1.54, 1.807) is 22.5 Å². The van der Waals surface area contributed by atoms with Crippen molar-refractivity contribution in [2.24, 2.45) is 0 Å². The minimum Gasteiger partial charge on any atom is -0.358 e. The van der Waals surface area contributed by atoms with Gasteiger partial charge in [0.2, 0.25) is 10.0 Å². The van der Waals surface area contributed by atoms with Crippen LogP contribution >= 0.6 is 0 Å². The van der Waals surface area contributed by atoms with Crippen molar-refractivity contribution in [2.75, 3.05) is 18.5 Å². The lowest BCUT2D eigenvalue weighted by molar-refractivity contribution is 0.0431. The Morgan fingerprint density at radius 3 is 3.00 bits per heavy atom. The Hall–Kier alpha value is -1.11. The first kappa shape index (κ1) is 12.9. The molecule has 6 heteroatoms. The number of benzene rings is 1.